The van der Waals surface area contributed by atoms with Gasteiger partial charge in [0.05, 0.1) is 0 Å². The molecule has 4 N–H and O–H groups in total. The Hall–Kier alpha value is -1.07. The van der Waals surface area contributed by atoms with Gasteiger partial charge < -0.3 is 11.5 Å². The summed E-state index contributed by atoms with van der Waals surface area (Å²) in [5.41, 5.74) is 10.4. The van der Waals surface area contributed by atoms with Crippen molar-refractivity contribution in [2.24, 2.45) is 11.5 Å². The molecule has 1 aromatic rings. The van der Waals surface area contributed by atoms with Crippen molar-refractivity contribution in [1.29, 1.82) is 0 Å². The zero-order chi connectivity index (χ0) is 10.0. The fourth-order valence-electron chi connectivity index (χ4n) is 0.954. The van der Waals surface area contributed by atoms with E-state index in [1.807, 2.05) is 0 Å². The molecular weight excluding hydrogens is 181 g/mol. The molecule has 0 saturated carbocycles. The van der Waals surface area contributed by atoms with Crippen molar-refractivity contribution in [2.75, 3.05) is 6.54 Å². The van der Waals surface area contributed by atoms with E-state index in [1.54, 1.807) is 0 Å². The van der Waals surface area contributed by atoms with Gasteiger partial charge in [0.15, 0.2) is 17.5 Å². The molecule has 0 amide bonds. The summed E-state index contributed by atoms with van der Waals surface area (Å²) in [7, 11) is 0. The van der Waals surface area contributed by atoms with E-state index in [4.69, 9.17) is 11.5 Å². The number of nitrogens with two attached hydrogens (primary N) is 2. The van der Waals surface area contributed by atoms with Crippen LogP contribution in [0.3, 0.4) is 0 Å². The Kier molecular flexibility index (Phi) is 2.90. The van der Waals surface area contributed by atoms with Crippen LogP contribution in [0, 0.1) is 17.5 Å². The molecule has 1 rings (SSSR count). The first-order valence-electron chi connectivity index (χ1n) is 3.67. The number of halogens is 3. The van der Waals surface area contributed by atoms with E-state index >= 15 is 0 Å². The molecule has 72 valence electrons. The van der Waals surface area contributed by atoms with Crippen LogP contribution in [0.25, 0.3) is 0 Å². The molecule has 0 radical (unpaired) electrons. The minimum absolute atomic E-state index is 0.0258. The lowest BCUT2D eigenvalue weighted by atomic mass is 10.1. The number of hydrogen-bond donors (Lipinski definition) is 2. The maximum absolute atomic E-state index is 12.9. The zero-order valence-corrected chi connectivity index (χ0v) is 6.73. The second kappa shape index (κ2) is 3.76. The minimum atomic E-state index is -1.51. The van der Waals surface area contributed by atoms with E-state index in [9.17, 15) is 13.2 Å². The van der Waals surface area contributed by atoms with Crippen molar-refractivity contribution >= 4 is 0 Å². The van der Waals surface area contributed by atoms with Crippen LogP contribution in [0.15, 0.2) is 12.1 Å². The molecule has 1 atom stereocenters. The molecule has 13 heavy (non-hydrogen) atoms. The van der Waals surface area contributed by atoms with E-state index in [2.05, 4.69) is 0 Å². The summed E-state index contributed by atoms with van der Waals surface area (Å²) in [4.78, 5) is 0. The molecule has 5 heteroatoms. The molecule has 0 heterocycles. The molecule has 0 aliphatic heterocycles. The van der Waals surface area contributed by atoms with Gasteiger partial charge in [-0.1, -0.05) is 6.07 Å². The highest BCUT2D eigenvalue weighted by molar-refractivity contribution is 5.23. The number of hydrogen-bond acceptors (Lipinski definition) is 2. The first kappa shape index (κ1) is 10.0. The molecule has 0 aliphatic rings. The van der Waals surface area contributed by atoms with Gasteiger partial charge in [0, 0.05) is 18.2 Å². The smallest absolute Gasteiger partial charge is 0.194 e. The van der Waals surface area contributed by atoms with Crippen molar-refractivity contribution in [3.8, 4) is 0 Å². The normalized spacial score (nSPS) is 13.0. The van der Waals surface area contributed by atoms with Gasteiger partial charge in [0.25, 0.3) is 0 Å². The van der Waals surface area contributed by atoms with Gasteiger partial charge in [-0.2, -0.15) is 0 Å². The van der Waals surface area contributed by atoms with Crippen LogP contribution in [0.5, 0.6) is 0 Å². The summed E-state index contributed by atoms with van der Waals surface area (Å²) in [6, 6.07) is 1.10. The molecule has 1 aromatic carbocycles. The molecular formula is C8H9F3N2. The Balaban J connectivity index is 3.18. The van der Waals surface area contributed by atoms with E-state index in [1.165, 1.54) is 0 Å². The maximum Gasteiger partial charge on any atom is 0.194 e. The second-order valence-corrected chi connectivity index (χ2v) is 2.61. The lowest BCUT2D eigenvalue weighted by Crippen LogP contribution is -2.22. The highest BCUT2D eigenvalue weighted by atomic mass is 19.2. The molecule has 0 bridgehead atoms. The summed E-state index contributed by atoms with van der Waals surface area (Å²) < 4.78 is 38.0. The monoisotopic (exact) mass is 190 g/mol. The Morgan fingerprint density at radius 2 is 1.77 bits per heavy atom. The summed E-state index contributed by atoms with van der Waals surface area (Å²) in [6.45, 7) is -0.0258. The lowest BCUT2D eigenvalue weighted by molar-refractivity contribution is 0.436. The largest absolute Gasteiger partial charge is 0.329 e. The molecule has 0 saturated heterocycles. The van der Waals surface area contributed by atoms with Crippen LogP contribution in [-0.2, 0) is 0 Å². The van der Waals surface area contributed by atoms with Crippen LogP contribution in [0.2, 0.25) is 0 Å². The maximum atomic E-state index is 12.9. The van der Waals surface area contributed by atoms with Gasteiger partial charge in [-0.25, -0.2) is 13.2 Å². The predicted octanol–water partition coefficient (Wildman–Crippen LogP) is 1.06. The summed E-state index contributed by atoms with van der Waals surface area (Å²) in [6.07, 6.45) is 0. The number of rotatable bonds is 2. The van der Waals surface area contributed by atoms with Gasteiger partial charge in [-0.15, -0.1) is 0 Å². The standard InChI is InChI=1S/C8H9F3N2/c9-5-2-1-4(6(13)3-12)7(10)8(5)11/h1-2,6H,3,12-13H2. The van der Waals surface area contributed by atoms with E-state index in [-0.39, 0.29) is 12.1 Å². The third kappa shape index (κ3) is 1.81. The third-order valence-electron chi connectivity index (χ3n) is 1.72. The summed E-state index contributed by atoms with van der Waals surface area (Å²) >= 11 is 0. The SMILES string of the molecule is NCC(N)c1ccc(F)c(F)c1F. The zero-order valence-electron chi connectivity index (χ0n) is 6.73. The Labute approximate surface area is 73.3 Å². The highest BCUT2D eigenvalue weighted by Gasteiger charge is 2.16. The van der Waals surface area contributed by atoms with Crippen LogP contribution in [0.1, 0.15) is 11.6 Å². The van der Waals surface area contributed by atoms with Crippen molar-refractivity contribution in [2.45, 2.75) is 6.04 Å². The molecule has 0 aromatic heterocycles. The van der Waals surface area contributed by atoms with Crippen molar-refractivity contribution < 1.29 is 13.2 Å². The van der Waals surface area contributed by atoms with E-state index in [0.29, 0.717) is 0 Å². The van der Waals surface area contributed by atoms with Crippen LogP contribution in [0.4, 0.5) is 13.2 Å². The summed E-state index contributed by atoms with van der Waals surface area (Å²) in [5.74, 6) is -4.01. The van der Waals surface area contributed by atoms with E-state index < -0.39 is 23.5 Å². The highest BCUT2D eigenvalue weighted by Crippen LogP contribution is 2.19. The number of benzene rings is 1. The fraction of sp³-hybridized carbons (Fsp3) is 0.250. The summed E-state index contributed by atoms with van der Waals surface area (Å²) in [5, 5.41) is 0. The molecule has 2 nitrogen and oxygen atoms in total. The Morgan fingerprint density at radius 3 is 2.31 bits per heavy atom. The predicted molar refractivity (Wildman–Crippen MR) is 42.3 cm³/mol. The van der Waals surface area contributed by atoms with Gasteiger partial charge in [-0.3, -0.25) is 0 Å². The van der Waals surface area contributed by atoms with Crippen molar-refractivity contribution in [1.82, 2.24) is 0 Å². The first-order chi connectivity index (χ1) is 6.07. The average molecular weight is 190 g/mol. The van der Waals surface area contributed by atoms with Gasteiger partial charge in [0.2, 0.25) is 0 Å². The molecule has 0 spiro atoms. The second-order valence-electron chi connectivity index (χ2n) is 2.61. The Morgan fingerprint density at radius 1 is 1.15 bits per heavy atom. The van der Waals surface area contributed by atoms with Crippen LogP contribution < -0.4 is 11.5 Å². The van der Waals surface area contributed by atoms with Gasteiger partial charge in [-0.05, 0) is 6.07 Å². The minimum Gasteiger partial charge on any atom is -0.329 e. The van der Waals surface area contributed by atoms with Crippen LogP contribution >= 0.6 is 0 Å². The van der Waals surface area contributed by atoms with Gasteiger partial charge >= 0.3 is 0 Å². The van der Waals surface area contributed by atoms with E-state index in [0.717, 1.165) is 12.1 Å². The topological polar surface area (TPSA) is 52.0 Å². The molecule has 0 fully saturated rings. The van der Waals surface area contributed by atoms with Crippen molar-refractivity contribution in [3.63, 3.8) is 0 Å². The fourth-order valence-corrected chi connectivity index (χ4v) is 0.954. The van der Waals surface area contributed by atoms with Crippen LogP contribution in [-0.4, -0.2) is 6.54 Å². The quantitative estimate of drug-likeness (QED) is 0.685. The molecule has 1 unspecified atom stereocenters. The van der Waals surface area contributed by atoms with Gasteiger partial charge in [0.1, 0.15) is 0 Å². The molecule has 0 aliphatic carbocycles. The Bertz CT molecular complexity index is 315. The average Bonchev–Trinajstić information content (AvgIpc) is 2.13. The van der Waals surface area contributed by atoms with Crippen molar-refractivity contribution in [3.05, 3.63) is 35.1 Å². The lowest BCUT2D eigenvalue weighted by Gasteiger charge is -2.10. The first-order valence-corrected chi connectivity index (χ1v) is 3.67. The third-order valence-corrected chi connectivity index (χ3v) is 1.72.